The Morgan fingerprint density at radius 2 is 2.17 bits per heavy atom. The molecule has 4 nitrogen and oxygen atoms in total. The van der Waals surface area contributed by atoms with Gasteiger partial charge in [0.25, 0.3) is 0 Å². The third-order valence-corrected chi connectivity index (χ3v) is 4.00. The number of nitrogens with one attached hydrogen (secondary N) is 2. The SMILES string of the molecule is COc1ccc(NC(=O)CSCC2CNC2)cc1. The van der Waals surface area contributed by atoms with Crippen LogP contribution in [0.25, 0.3) is 0 Å². The molecule has 1 aliphatic rings. The van der Waals surface area contributed by atoms with Crippen LogP contribution < -0.4 is 15.4 Å². The molecule has 1 aliphatic heterocycles. The number of hydrogen-bond donors (Lipinski definition) is 2. The molecular formula is C13H18N2O2S. The van der Waals surface area contributed by atoms with E-state index in [1.54, 1.807) is 18.9 Å². The summed E-state index contributed by atoms with van der Waals surface area (Å²) in [5.74, 6) is 3.16. The molecule has 0 atom stereocenters. The summed E-state index contributed by atoms with van der Waals surface area (Å²) in [6.45, 7) is 2.18. The molecule has 0 saturated carbocycles. The summed E-state index contributed by atoms with van der Waals surface area (Å²) in [5, 5.41) is 6.10. The lowest BCUT2D eigenvalue weighted by Crippen LogP contribution is -2.43. The zero-order chi connectivity index (χ0) is 12.8. The molecule has 1 aromatic carbocycles. The van der Waals surface area contributed by atoms with Crippen LogP contribution in [0.2, 0.25) is 0 Å². The van der Waals surface area contributed by atoms with Crippen molar-refractivity contribution in [1.29, 1.82) is 0 Å². The molecule has 1 amide bonds. The number of rotatable bonds is 6. The van der Waals surface area contributed by atoms with E-state index in [1.807, 2.05) is 24.3 Å². The van der Waals surface area contributed by atoms with E-state index in [9.17, 15) is 4.79 Å². The average molecular weight is 266 g/mol. The van der Waals surface area contributed by atoms with Gasteiger partial charge >= 0.3 is 0 Å². The van der Waals surface area contributed by atoms with E-state index in [1.165, 1.54) is 0 Å². The molecule has 98 valence electrons. The van der Waals surface area contributed by atoms with Crippen LogP contribution in [-0.4, -0.2) is 37.6 Å². The highest BCUT2D eigenvalue weighted by molar-refractivity contribution is 7.99. The van der Waals surface area contributed by atoms with Crippen molar-refractivity contribution in [3.8, 4) is 5.75 Å². The summed E-state index contributed by atoms with van der Waals surface area (Å²) >= 11 is 1.70. The average Bonchev–Trinajstić information content (AvgIpc) is 2.33. The van der Waals surface area contributed by atoms with Gasteiger partial charge in [0.1, 0.15) is 5.75 Å². The summed E-state index contributed by atoms with van der Waals surface area (Å²) < 4.78 is 5.06. The Labute approximate surface area is 111 Å². The van der Waals surface area contributed by atoms with Gasteiger partial charge in [-0.05, 0) is 49.0 Å². The first kappa shape index (κ1) is 13.2. The number of benzene rings is 1. The zero-order valence-electron chi connectivity index (χ0n) is 10.4. The minimum absolute atomic E-state index is 0.0532. The number of hydrogen-bond acceptors (Lipinski definition) is 4. The van der Waals surface area contributed by atoms with Crippen LogP contribution >= 0.6 is 11.8 Å². The molecule has 1 aromatic rings. The van der Waals surface area contributed by atoms with E-state index in [2.05, 4.69) is 10.6 Å². The quantitative estimate of drug-likeness (QED) is 0.821. The van der Waals surface area contributed by atoms with Gasteiger partial charge in [-0.25, -0.2) is 0 Å². The topological polar surface area (TPSA) is 50.4 Å². The second-order valence-corrected chi connectivity index (χ2v) is 5.35. The number of methoxy groups -OCH3 is 1. The molecule has 1 saturated heterocycles. The fourth-order valence-corrected chi connectivity index (χ4v) is 2.60. The van der Waals surface area contributed by atoms with E-state index in [0.29, 0.717) is 5.75 Å². The molecule has 1 heterocycles. The van der Waals surface area contributed by atoms with Gasteiger partial charge < -0.3 is 15.4 Å². The van der Waals surface area contributed by atoms with Crippen LogP contribution in [-0.2, 0) is 4.79 Å². The van der Waals surface area contributed by atoms with E-state index < -0.39 is 0 Å². The second-order valence-electron chi connectivity index (χ2n) is 4.32. The summed E-state index contributed by atoms with van der Waals surface area (Å²) in [7, 11) is 1.62. The highest BCUT2D eigenvalue weighted by atomic mass is 32.2. The first-order valence-electron chi connectivity index (χ1n) is 6.00. The van der Waals surface area contributed by atoms with Crippen LogP contribution in [0.5, 0.6) is 5.75 Å². The minimum Gasteiger partial charge on any atom is -0.497 e. The van der Waals surface area contributed by atoms with Crippen molar-refractivity contribution < 1.29 is 9.53 Å². The van der Waals surface area contributed by atoms with Gasteiger partial charge in [0.2, 0.25) is 5.91 Å². The lowest BCUT2D eigenvalue weighted by atomic mass is 10.1. The fraction of sp³-hybridized carbons (Fsp3) is 0.462. The molecule has 0 spiro atoms. The van der Waals surface area contributed by atoms with Crippen molar-refractivity contribution in [3.63, 3.8) is 0 Å². The molecule has 1 fully saturated rings. The molecule has 0 bridgehead atoms. The predicted octanol–water partition coefficient (Wildman–Crippen LogP) is 1.59. The van der Waals surface area contributed by atoms with Gasteiger partial charge in [0.05, 0.1) is 12.9 Å². The normalized spacial score (nSPS) is 14.9. The van der Waals surface area contributed by atoms with Crippen molar-refractivity contribution in [2.24, 2.45) is 5.92 Å². The second kappa shape index (κ2) is 6.66. The largest absolute Gasteiger partial charge is 0.497 e. The maximum Gasteiger partial charge on any atom is 0.234 e. The van der Waals surface area contributed by atoms with Crippen LogP contribution in [0.1, 0.15) is 0 Å². The first-order valence-corrected chi connectivity index (χ1v) is 7.16. The third-order valence-electron chi connectivity index (χ3n) is 2.83. The molecule has 0 radical (unpaired) electrons. The van der Waals surface area contributed by atoms with E-state index >= 15 is 0 Å². The van der Waals surface area contributed by atoms with Gasteiger partial charge in [-0.2, -0.15) is 11.8 Å². The number of carbonyl (C=O) groups is 1. The summed E-state index contributed by atoms with van der Waals surface area (Å²) in [6.07, 6.45) is 0. The van der Waals surface area contributed by atoms with Crippen LogP contribution in [0.15, 0.2) is 24.3 Å². The number of thioether (sulfide) groups is 1. The Hall–Kier alpha value is -1.20. The first-order chi connectivity index (χ1) is 8.78. The molecule has 0 aliphatic carbocycles. The summed E-state index contributed by atoms with van der Waals surface area (Å²) in [6, 6.07) is 7.36. The lowest BCUT2D eigenvalue weighted by Gasteiger charge is -2.26. The van der Waals surface area contributed by atoms with Crippen molar-refractivity contribution in [1.82, 2.24) is 5.32 Å². The monoisotopic (exact) mass is 266 g/mol. The fourth-order valence-electron chi connectivity index (χ4n) is 1.66. The molecule has 2 rings (SSSR count). The van der Waals surface area contributed by atoms with Crippen LogP contribution in [0, 0.1) is 5.92 Å². The molecule has 5 heteroatoms. The third kappa shape index (κ3) is 3.92. The van der Waals surface area contributed by atoms with Gasteiger partial charge in [0, 0.05) is 5.69 Å². The maximum atomic E-state index is 11.7. The number of anilines is 1. The smallest absolute Gasteiger partial charge is 0.234 e. The Morgan fingerprint density at radius 3 is 2.72 bits per heavy atom. The van der Waals surface area contributed by atoms with E-state index in [4.69, 9.17) is 4.74 Å². The predicted molar refractivity (Wildman–Crippen MR) is 75.3 cm³/mol. The summed E-state index contributed by atoms with van der Waals surface area (Å²) in [4.78, 5) is 11.7. The summed E-state index contributed by atoms with van der Waals surface area (Å²) in [5.41, 5.74) is 0.812. The lowest BCUT2D eigenvalue weighted by molar-refractivity contribution is -0.113. The molecule has 18 heavy (non-hydrogen) atoms. The van der Waals surface area contributed by atoms with Crippen LogP contribution in [0.3, 0.4) is 0 Å². The molecule has 0 unspecified atom stereocenters. The standard InChI is InChI=1S/C13H18N2O2S/c1-17-12-4-2-11(3-5-12)15-13(16)9-18-8-10-6-14-7-10/h2-5,10,14H,6-9H2,1H3,(H,15,16). The molecular weight excluding hydrogens is 248 g/mol. The Balaban J connectivity index is 1.68. The highest BCUT2D eigenvalue weighted by Gasteiger charge is 2.16. The Morgan fingerprint density at radius 1 is 1.44 bits per heavy atom. The van der Waals surface area contributed by atoms with Crippen molar-refractivity contribution in [3.05, 3.63) is 24.3 Å². The van der Waals surface area contributed by atoms with Crippen molar-refractivity contribution >= 4 is 23.4 Å². The zero-order valence-corrected chi connectivity index (χ0v) is 11.3. The Bertz CT molecular complexity index is 390. The van der Waals surface area contributed by atoms with Crippen molar-refractivity contribution in [2.45, 2.75) is 0 Å². The molecule has 2 N–H and O–H groups in total. The minimum atomic E-state index is 0.0532. The maximum absolute atomic E-state index is 11.7. The Kier molecular flexibility index (Phi) is 4.90. The van der Waals surface area contributed by atoms with Gasteiger partial charge in [0.15, 0.2) is 0 Å². The van der Waals surface area contributed by atoms with Crippen LogP contribution in [0.4, 0.5) is 5.69 Å². The molecule has 0 aromatic heterocycles. The van der Waals surface area contributed by atoms with E-state index in [0.717, 1.165) is 36.2 Å². The van der Waals surface area contributed by atoms with Gasteiger partial charge in [-0.3, -0.25) is 4.79 Å². The van der Waals surface area contributed by atoms with Gasteiger partial charge in [-0.1, -0.05) is 0 Å². The van der Waals surface area contributed by atoms with E-state index in [-0.39, 0.29) is 5.91 Å². The van der Waals surface area contributed by atoms with Crippen molar-refractivity contribution in [2.75, 3.05) is 37.0 Å². The number of carbonyl (C=O) groups excluding carboxylic acids is 1. The number of amides is 1. The van der Waals surface area contributed by atoms with Gasteiger partial charge in [-0.15, -0.1) is 0 Å². The number of ether oxygens (including phenoxy) is 1. The highest BCUT2D eigenvalue weighted by Crippen LogP contribution is 2.16.